The Morgan fingerprint density at radius 1 is 1.04 bits per heavy atom. The maximum Gasteiger partial charge on any atom is 0.258 e. The number of halogens is 1. The fourth-order valence-corrected chi connectivity index (χ4v) is 3.10. The van der Waals surface area contributed by atoms with E-state index >= 15 is 0 Å². The Balaban J connectivity index is 1.70. The number of hydrogen-bond donors (Lipinski definition) is 1. The molecule has 3 rings (SSSR count). The molecule has 0 aliphatic rings. The predicted molar refractivity (Wildman–Crippen MR) is 92.6 cm³/mol. The molecule has 1 atom stereocenters. The SMILES string of the molecule is O=C(COc1ccccc1)NC(c1ccc(F)cc1)c1cccs1. The fourth-order valence-electron chi connectivity index (χ4n) is 2.30. The molecule has 1 aromatic heterocycles. The van der Waals surface area contributed by atoms with Gasteiger partial charge in [-0.25, -0.2) is 4.39 Å². The van der Waals surface area contributed by atoms with Gasteiger partial charge in [0, 0.05) is 4.88 Å². The highest BCUT2D eigenvalue weighted by Gasteiger charge is 2.18. The van der Waals surface area contributed by atoms with Gasteiger partial charge in [-0.1, -0.05) is 36.4 Å². The summed E-state index contributed by atoms with van der Waals surface area (Å²) in [4.78, 5) is 13.2. The summed E-state index contributed by atoms with van der Waals surface area (Å²) >= 11 is 1.54. The Hall–Kier alpha value is -2.66. The van der Waals surface area contributed by atoms with Crippen molar-refractivity contribution >= 4 is 17.2 Å². The lowest BCUT2D eigenvalue weighted by Gasteiger charge is -2.18. The van der Waals surface area contributed by atoms with Gasteiger partial charge in [0.1, 0.15) is 11.6 Å². The fraction of sp³-hybridized carbons (Fsp3) is 0.105. The van der Waals surface area contributed by atoms with Crippen LogP contribution in [0.25, 0.3) is 0 Å². The largest absolute Gasteiger partial charge is 0.484 e. The smallest absolute Gasteiger partial charge is 0.258 e. The molecule has 122 valence electrons. The zero-order valence-corrected chi connectivity index (χ0v) is 13.6. The van der Waals surface area contributed by atoms with E-state index in [9.17, 15) is 9.18 Å². The molecule has 3 aromatic rings. The maximum absolute atomic E-state index is 13.2. The van der Waals surface area contributed by atoms with Crippen LogP contribution in [0.5, 0.6) is 5.75 Å². The van der Waals surface area contributed by atoms with Crippen LogP contribution < -0.4 is 10.1 Å². The molecule has 0 saturated carbocycles. The molecule has 0 fully saturated rings. The molecule has 1 amide bonds. The number of ether oxygens (including phenoxy) is 1. The van der Waals surface area contributed by atoms with Crippen LogP contribution >= 0.6 is 11.3 Å². The summed E-state index contributed by atoms with van der Waals surface area (Å²) in [7, 11) is 0. The number of para-hydroxylation sites is 1. The Bertz CT molecular complexity index is 773. The van der Waals surface area contributed by atoms with Gasteiger partial charge in [-0.2, -0.15) is 0 Å². The van der Waals surface area contributed by atoms with Gasteiger partial charge < -0.3 is 10.1 Å². The maximum atomic E-state index is 13.2. The van der Waals surface area contributed by atoms with Gasteiger partial charge in [0.05, 0.1) is 6.04 Å². The number of carbonyl (C=O) groups excluding carboxylic acids is 1. The number of hydrogen-bond acceptors (Lipinski definition) is 3. The van der Waals surface area contributed by atoms with Crippen molar-refractivity contribution < 1.29 is 13.9 Å². The number of carbonyl (C=O) groups is 1. The number of rotatable bonds is 6. The first-order valence-corrected chi connectivity index (χ1v) is 8.36. The van der Waals surface area contributed by atoms with Gasteiger partial charge >= 0.3 is 0 Å². The van der Waals surface area contributed by atoms with E-state index in [2.05, 4.69) is 5.32 Å². The van der Waals surface area contributed by atoms with Crippen LogP contribution in [0.1, 0.15) is 16.5 Å². The lowest BCUT2D eigenvalue weighted by molar-refractivity contribution is -0.123. The molecule has 2 aromatic carbocycles. The minimum Gasteiger partial charge on any atom is -0.484 e. The Labute approximate surface area is 143 Å². The highest BCUT2D eigenvalue weighted by molar-refractivity contribution is 7.10. The standard InChI is InChI=1S/C19H16FNO2S/c20-15-10-8-14(9-11-15)19(17-7-4-12-24-17)21-18(22)13-23-16-5-2-1-3-6-16/h1-12,19H,13H2,(H,21,22). The minimum absolute atomic E-state index is 0.0763. The molecule has 0 radical (unpaired) electrons. The summed E-state index contributed by atoms with van der Waals surface area (Å²) in [5.74, 6) is 0.103. The van der Waals surface area contributed by atoms with E-state index in [0.29, 0.717) is 5.75 Å². The van der Waals surface area contributed by atoms with Crippen molar-refractivity contribution in [1.82, 2.24) is 5.32 Å². The van der Waals surface area contributed by atoms with Gasteiger partial charge in [-0.05, 0) is 41.3 Å². The lowest BCUT2D eigenvalue weighted by atomic mass is 10.1. The third kappa shape index (κ3) is 4.20. The summed E-state index contributed by atoms with van der Waals surface area (Å²) in [5, 5.41) is 4.89. The van der Waals surface area contributed by atoms with E-state index in [4.69, 9.17) is 4.74 Å². The lowest BCUT2D eigenvalue weighted by Crippen LogP contribution is -2.32. The topological polar surface area (TPSA) is 38.3 Å². The molecular formula is C19H16FNO2S. The molecule has 1 heterocycles. The molecule has 0 bridgehead atoms. The predicted octanol–water partition coefficient (Wildman–Crippen LogP) is 4.17. The van der Waals surface area contributed by atoms with E-state index in [1.165, 1.54) is 23.5 Å². The van der Waals surface area contributed by atoms with E-state index in [1.54, 1.807) is 24.3 Å². The van der Waals surface area contributed by atoms with Crippen molar-refractivity contribution in [3.63, 3.8) is 0 Å². The number of benzene rings is 2. The highest BCUT2D eigenvalue weighted by Crippen LogP contribution is 2.26. The first kappa shape index (κ1) is 16.2. The first-order chi connectivity index (χ1) is 11.7. The van der Waals surface area contributed by atoms with Crippen LogP contribution in [0.4, 0.5) is 4.39 Å². The molecule has 24 heavy (non-hydrogen) atoms. The Morgan fingerprint density at radius 2 is 1.79 bits per heavy atom. The van der Waals surface area contributed by atoms with Gasteiger partial charge in [0.15, 0.2) is 6.61 Å². The van der Waals surface area contributed by atoms with Crippen LogP contribution in [-0.2, 0) is 4.79 Å². The van der Waals surface area contributed by atoms with Crippen molar-refractivity contribution in [3.8, 4) is 5.75 Å². The molecule has 1 unspecified atom stereocenters. The molecule has 0 saturated heterocycles. The van der Waals surface area contributed by atoms with Crippen molar-refractivity contribution in [2.75, 3.05) is 6.61 Å². The molecule has 1 N–H and O–H groups in total. The Morgan fingerprint density at radius 3 is 2.46 bits per heavy atom. The average molecular weight is 341 g/mol. The number of nitrogens with one attached hydrogen (secondary N) is 1. The summed E-state index contributed by atoms with van der Waals surface area (Å²) in [6.45, 7) is -0.0763. The van der Waals surface area contributed by atoms with Crippen molar-refractivity contribution in [3.05, 3.63) is 88.4 Å². The molecule has 5 heteroatoms. The van der Waals surface area contributed by atoms with Crippen molar-refractivity contribution in [1.29, 1.82) is 0 Å². The quantitative estimate of drug-likeness (QED) is 0.731. The summed E-state index contributed by atoms with van der Waals surface area (Å²) in [5.41, 5.74) is 0.826. The van der Waals surface area contributed by atoms with Crippen LogP contribution in [0.3, 0.4) is 0 Å². The second-order valence-electron chi connectivity index (χ2n) is 5.17. The summed E-state index contributed by atoms with van der Waals surface area (Å²) in [6.07, 6.45) is 0. The normalized spacial score (nSPS) is 11.7. The van der Waals surface area contributed by atoms with Crippen molar-refractivity contribution in [2.45, 2.75) is 6.04 Å². The molecular weight excluding hydrogens is 325 g/mol. The van der Waals surface area contributed by atoms with Crippen LogP contribution in [-0.4, -0.2) is 12.5 Å². The minimum atomic E-state index is -0.322. The van der Waals surface area contributed by atoms with Gasteiger partial charge in [0.2, 0.25) is 0 Å². The summed E-state index contributed by atoms with van der Waals surface area (Å²) < 4.78 is 18.6. The highest BCUT2D eigenvalue weighted by atomic mass is 32.1. The van der Waals surface area contributed by atoms with Crippen LogP contribution in [0.15, 0.2) is 72.1 Å². The second-order valence-corrected chi connectivity index (χ2v) is 6.15. The summed E-state index contributed by atoms with van der Waals surface area (Å²) in [6, 6.07) is 18.8. The molecule has 0 aliphatic heterocycles. The van der Waals surface area contributed by atoms with E-state index < -0.39 is 0 Å². The van der Waals surface area contributed by atoms with Crippen molar-refractivity contribution in [2.24, 2.45) is 0 Å². The monoisotopic (exact) mass is 341 g/mol. The zero-order valence-electron chi connectivity index (χ0n) is 12.8. The first-order valence-electron chi connectivity index (χ1n) is 7.48. The number of amides is 1. The van der Waals surface area contributed by atoms with Gasteiger partial charge in [0.25, 0.3) is 5.91 Å². The molecule has 0 aliphatic carbocycles. The van der Waals surface area contributed by atoms with Gasteiger partial charge in [-0.3, -0.25) is 4.79 Å². The molecule has 3 nitrogen and oxygen atoms in total. The third-order valence-electron chi connectivity index (χ3n) is 3.45. The van der Waals surface area contributed by atoms with E-state index in [0.717, 1.165) is 10.4 Å². The second kappa shape index (κ2) is 7.75. The van der Waals surface area contributed by atoms with Crippen LogP contribution in [0, 0.1) is 5.82 Å². The third-order valence-corrected chi connectivity index (χ3v) is 4.39. The average Bonchev–Trinajstić information content (AvgIpc) is 3.14. The van der Waals surface area contributed by atoms with Gasteiger partial charge in [-0.15, -0.1) is 11.3 Å². The zero-order chi connectivity index (χ0) is 16.8. The van der Waals surface area contributed by atoms with Crippen LogP contribution in [0.2, 0.25) is 0 Å². The van der Waals surface area contributed by atoms with E-state index in [1.807, 2.05) is 35.7 Å². The van der Waals surface area contributed by atoms with E-state index in [-0.39, 0.29) is 24.4 Å². The molecule has 0 spiro atoms. The Kier molecular flexibility index (Phi) is 5.23. The number of thiophene rings is 1.